The molecule has 7 nitrogen and oxygen atoms in total. The van der Waals surface area contributed by atoms with Gasteiger partial charge in [0.1, 0.15) is 17.9 Å². The molecule has 0 bridgehead atoms. The summed E-state index contributed by atoms with van der Waals surface area (Å²) in [5.74, 6) is 0.182. The van der Waals surface area contributed by atoms with Crippen LogP contribution in [0.3, 0.4) is 0 Å². The first-order chi connectivity index (χ1) is 14.0. The molecule has 1 fully saturated rings. The zero-order chi connectivity index (χ0) is 20.3. The highest BCUT2D eigenvalue weighted by molar-refractivity contribution is 5.99. The van der Waals surface area contributed by atoms with Crippen LogP contribution in [0.4, 0.5) is 0 Å². The number of carbonyl (C=O) groups excluding carboxylic acids is 2. The number of ether oxygens (including phenoxy) is 2. The van der Waals surface area contributed by atoms with E-state index in [1.807, 2.05) is 43.3 Å². The van der Waals surface area contributed by atoms with Gasteiger partial charge in [-0.15, -0.1) is 0 Å². The summed E-state index contributed by atoms with van der Waals surface area (Å²) in [7, 11) is 0. The molecule has 1 aromatic carbocycles. The van der Waals surface area contributed by atoms with Crippen molar-refractivity contribution < 1.29 is 19.1 Å². The van der Waals surface area contributed by atoms with Gasteiger partial charge in [-0.3, -0.25) is 14.6 Å². The van der Waals surface area contributed by atoms with E-state index in [9.17, 15) is 9.59 Å². The van der Waals surface area contributed by atoms with Gasteiger partial charge in [-0.25, -0.2) is 0 Å². The number of hydrogen-bond donors (Lipinski definition) is 1. The lowest BCUT2D eigenvalue weighted by Crippen LogP contribution is -2.52. The first-order valence-corrected chi connectivity index (χ1v) is 9.88. The topological polar surface area (TPSA) is 80.8 Å². The number of benzene rings is 1. The van der Waals surface area contributed by atoms with Crippen molar-refractivity contribution in [2.24, 2.45) is 0 Å². The van der Waals surface area contributed by atoms with Crippen LogP contribution in [0.25, 0.3) is 0 Å². The molecular weight excluding hydrogens is 370 g/mol. The first-order valence-electron chi connectivity index (χ1n) is 9.88. The highest BCUT2D eigenvalue weighted by Gasteiger charge is 2.42. The molecule has 3 heterocycles. The Hall–Kier alpha value is -2.93. The average molecular weight is 395 g/mol. The van der Waals surface area contributed by atoms with Crippen LogP contribution in [0.1, 0.15) is 34.5 Å². The van der Waals surface area contributed by atoms with E-state index in [4.69, 9.17) is 9.47 Å². The Kier molecular flexibility index (Phi) is 5.49. The van der Waals surface area contributed by atoms with Crippen molar-refractivity contribution in [3.05, 3.63) is 59.4 Å². The van der Waals surface area contributed by atoms with Crippen molar-refractivity contribution in [2.75, 3.05) is 26.3 Å². The second-order valence-electron chi connectivity index (χ2n) is 7.66. The number of hydrogen-bond acceptors (Lipinski definition) is 5. The molecule has 0 atom stereocenters. The Morgan fingerprint density at radius 3 is 2.83 bits per heavy atom. The average Bonchev–Trinajstić information content (AvgIpc) is 2.83. The maximum Gasteiger partial charge on any atom is 0.258 e. The second kappa shape index (κ2) is 8.21. The van der Waals surface area contributed by atoms with Gasteiger partial charge < -0.3 is 19.7 Å². The molecule has 152 valence electrons. The monoisotopic (exact) mass is 395 g/mol. The summed E-state index contributed by atoms with van der Waals surface area (Å²) >= 11 is 0. The van der Waals surface area contributed by atoms with Crippen molar-refractivity contribution >= 4 is 11.8 Å². The minimum absolute atomic E-state index is 0.0228. The Morgan fingerprint density at radius 1 is 1.24 bits per heavy atom. The lowest BCUT2D eigenvalue weighted by Gasteiger charge is -2.38. The fourth-order valence-electron chi connectivity index (χ4n) is 3.81. The fourth-order valence-corrected chi connectivity index (χ4v) is 3.81. The predicted octanol–water partition coefficient (Wildman–Crippen LogP) is 2.09. The number of aromatic nitrogens is 1. The molecule has 7 heteroatoms. The number of aryl methyl sites for hydroxylation is 1. The van der Waals surface area contributed by atoms with Gasteiger partial charge in [0, 0.05) is 19.0 Å². The number of rotatable bonds is 4. The normalized spacial score (nSPS) is 18.0. The molecule has 29 heavy (non-hydrogen) atoms. The lowest BCUT2D eigenvalue weighted by molar-refractivity contribution is -0.122. The van der Waals surface area contributed by atoms with E-state index < -0.39 is 5.60 Å². The van der Waals surface area contributed by atoms with E-state index >= 15 is 0 Å². The van der Waals surface area contributed by atoms with Gasteiger partial charge >= 0.3 is 0 Å². The summed E-state index contributed by atoms with van der Waals surface area (Å²) in [6.07, 6.45) is 3.05. The second-order valence-corrected chi connectivity index (χ2v) is 7.66. The van der Waals surface area contributed by atoms with Gasteiger partial charge in [-0.2, -0.15) is 0 Å². The van der Waals surface area contributed by atoms with Crippen molar-refractivity contribution in [1.82, 2.24) is 15.2 Å². The molecule has 2 aliphatic heterocycles. The molecular formula is C22H25N3O4. The molecule has 0 aliphatic carbocycles. The lowest BCUT2D eigenvalue weighted by atomic mass is 9.93. The predicted molar refractivity (Wildman–Crippen MR) is 107 cm³/mol. The molecule has 0 saturated carbocycles. The van der Waals surface area contributed by atoms with Crippen LogP contribution in [0.5, 0.6) is 5.75 Å². The zero-order valence-corrected chi connectivity index (χ0v) is 16.5. The smallest absolute Gasteiger partial charge is 0.258 e. The summed E-state index contributed by atoms with van der Waals surface area (Å²) in [6, 6.07) is 11.2. The Balaban J connectivity index is 1.54. The minimum atomic E-state index is -0.532. The van der Waals surface area contributed by atoms with Crippen LogP contribution in [-0.4, -0.2) is 53.6 Å². The van der Waals surface area contributed by atoms with Crippen LogP contribution >= 0.6 is 0 Å². The van der Waals surface area contributed by atoms with Crippen LogP contribution < -0.4 is 10.1 Å². The summed E-state index contributed by atoms with van der Waals surface area (Å²) in [4.78, 5) is 31.6. The van der Waals surface area contributed by atoms with E-state index in [2.05, 4.69) is 10.3 Å². The van der Waals surface area contributed by atoms with E-state index in [-0.39, 0.29) is 18.4 Å². The van der Waals surface area contributed by atoms with Gasteiger partial charge in [0.15, 0.2) is 0 Å². The highest BCUT2D eigenvalue weighted by Crippen LogP contribution is 2.35. The largest absolute Gasteiger partial charge is 0.484 e. The minimum Gasteiger partial charge on any atom is -0.484 e. The first kappa shape index (κ1) is 19.4. The number of fused-ring (bicyclic) bond motifs is 1. The van der Waals surface area contributed by atoms with Crippen molar-refractivity contribution in [2.45, 2.75) is 31.9 Å². The third kappa shape index (κ3) is 4.40. The summed E-state index contributed by atoms with van der Waals surface area (Å²) in [5, 5.41) is 2.85. The molecule has 1 saturated heterocycles. The van der Waals surface area contributed by atoms with Gasteiger partial charge in [-0.1, -0.05) is 17.7 Å². The number of amides is 2. The third-order valence-corrected chi connectivity index (χ3v) is 5.39. The zero-order valence-electron chi connectivity index (χ0n) is 16.5. The standard InChI is InChI=1S/C22H25N3O4/c1-16-5-6-19-18(12-16)21(27)25(15-22(29-19)7-10-28-11-8-22)14-20(26)24-13-17-4-2-3-9-23-17/h2-6,9,12H,7-8,10-11,13-15H2,1H3,(H,24,26). The fraction of sp³-hybridized carbons (Fsp3) is 0.409. The van der Waals surface area contributed by atoms with E-state index in [1.54, 1.807) is 11.1 Å². The van der Waals surface area contributed by atoms with Gasteiger partial charge in [0.05, 0.1) is 37.6 Å². The molecule has 0 radical (unpaired) electrons. The Morgan fingerprint density at radius 2 is 2.07 bits per heavy atom. The molecule has 1 N–H and O–H groups in total. The molecule has 4 rings (SSSR count). The molecule has 2 aromatic rings. The molecule has 1 aromatic heterocycles. The van der Waals surface area contributed by atoms with Crippen LogP contribution in [0.15, 0.2) is 42.6 Å². The van der Waals surface area contributed by atoms with Gasteiger partial charge in [0.2, 0.25) is 5.91 Å². The number of nitrogens with one attached hydrogen (secondary N) is 1. The van der Waals surface area contributed by atoms with Gasteiger partial charge in [-0.05, 0) is 31.2 Å². The molecule has 2 amide bonds. The van der Waals surface area contributed by atoms with Crippen molar-refractivity contribution in [3.8, 4) is 5.75 Å². The van der Waals surface area contributed by atoms with Crippen molar-refractivity contribution in [1.29, 1.82) is 0 Å². The maximum atomic E-state index is 13.2. The van der Waals surface area contributed by atoms with Crippen molar-refractivity contribution in [3.63, 3.8) is 0 Å². The molecule has 1 spiro atoms. The number of pyridine rings is 1. The summed E-state index contributed by atoms with van der Waals surface area (Å²) in [5.41, 5.74) is 1.72. The van der Waals surface area contributed by atoms with Crippen LogP contribution in [0.2, 0.25) is 0 Å². The summed E-state index contributed by atoms with van der Waals surface area (Å²) in [6.45, 7) is 3.76. The number of nitrogens with zero attached hydrogens (tertiary/aromatic N) is 2. The third-order valence-electron chi connectivity index (χ3n) is 5.39. The Labute approximate surface area is 170 Å². The van der Waals surface area contributed by atoms with Gasteiger partial charge in [0.25, 0.3) is 5.91 Å². The quantitative estimate of drug-likeness (QED) is 0.857. The number of carbonyl (C=O) groups is 2. The van der Waals surface area contributed by atoms with E-state index in [1.165, 1.54) is 0 Å². The highest BCUT2D eigenvalue weighted by atomic mass is 16.5. The SMILES string of the molecule is Cc1ccc2c(c1)C(=O)N(CC(=O)NCc1ccccn1)CC1(CCOCC1)O2. The van der Waals surface area contributed by atoms with Crippen LogP contribution in [-0.2, 0) is 16.1 Å². The summed E-state index contributed by atoms with van der Waals surface area (Å²) < 4.78 is 11.9. The molecule has 2 aliphatic rings. The molecule has 0 unspecified atom stereocenters. The maximum absolute atomic E-state index is 13.2. The Bertz CT molecular complexity index is 894. The van der Waals surface area contributed by atoms with Crippen LogP contribution in [0, 0.1) is 6.92 Å². The van der Waals surface area contributed by atoms with E-state index in [0.717, 1.165) is 11.3 Å². The van der Waals surface area contributed by atoms with E-state index in [0.29, 0.717) is 50.5 Å².